The number of ether oxygens (including phenoxy) is 2. The lowest BCUT2D eigenvalue weighted by Gasteiger charge is -2.11. The standard InChI is InChI=1S/C17H27N3O2/c1-4-18-17(20-14-8-9-14)19-11-5-6-13-7-10-15(21-2)16(12-13)22-3/h7,10,12,14H,4-6,8-9,11H2,1-3H3,(H2,18,19,20). The van der Waals surface area contributed by atoms with Crippen LogP contribution in [0.3, 0.4) is 0 Å². The van der Waals surface area contributed by atoms with Crippen LogP contribution in [0.2, 0.25) is 0 Å². The molecule has 1 aromatic rings. The number of rotatable bonds is 8. The lowest BCUT2D eigenvalue weighted by atomic mass is 10.1. The average molecular weight is 305 g/mol. The Morgan fingerprint density at radius 3 is 2.64 bits per heavy atom. The number of guanidine groups is 1. The molecule has 0 bridgehead atoms. The Hall–Kier alpha value is -1.91. The molecule has 0 amide bonds. The molecule has 1 fully saturated rings. The van der Waals surface area contributed by atoms with Gasteiger partial charge in [-0.05, 0) is 50.3 Å². The number of aryl methyl sites for hydroxylation is 1. The lowest BCUT2D eigenvalue weighted by molar-refractivity contribution is 0.354. The highest BCUT2D eigenvalue weighted by Crippen LogP contribution is 2.27. The van der Waals surface area contributed by atoms with Crippen LogP contribution in [0.25, 0.3) is 0 Å². The molecular formula is C17H27N3O2. The summed E-state index contributed by atoms with van der Waals surface area (Å²) >= 11 is 0. The molecule has 1 aromatic carbocycles. The summed E-state index contributed by atoms with van der Waals surface area (Å²) in [7, 11) is 3.32. The van der Waals surface area contributed by atoms with Crippen molar-refractivity contribution in [2.75, 3.05) is 27.3 Å². The van der Waals surface area contributed by atoms with Gasteiger partial charge in [-0.2, -0.15) is 0 Å². The second kappa shape index (κ2) is 8.51. The van der Waals surface area contributed by atoms with Crippen molar-refractivity contribution in [1.29, 1.82) is 0 Å². The normalized spacial score (nSPS) is 14.6. The number of methoxy groups -OCH3 is 2. The van der Waals surface area contributed by atoms with Crippen LogP contribution in [0.1, 0.15) is 31.7 Å². The summed E-state index contributed by atoms with van der Waals surface area (Å²) < 4.78 is 10.6. The largest absolute Gasteiger partial charge is 0.493 e. The highest BCUT2D eigenvalue weighted by Gasteiger charge is 2.21. The number of aliphatic imine (C=N–C) groups is 1. The van der Waals surface area contributed by atoms with Crippen molar-refractivity contribution in [2.45, 2.75) is 38.6 Å². The Bertz CT molecular complexity index is 499. The van der Waals surface area contributed by atoms with E-state index in [0.717, 1.165) is 43.4 Å². The van der Waals surface area contributed by atoms with Crippen molar-refractivity contribution >= 4 is 5.96 Å². The quantitative estimate of drug-likeness (QED) is 0.440. The van der Waals surface area contributed by atoms with Gasteiger partial charge in [-0.3, -0.25) is 4.99 Å². The van der Waals surface area contributed by atoms with Gasteiger partial charge in [-0.15, -0.1) is 0 Å². The highest BCUT2D eigenvalue weighted by atomic mass is 16.5. The van der Waals surface area contributed by atoms with Gasteiger partial charge in [0.05, 0.1) is 14.2 Å². The molecule has 0 heterocycles. The highest BCUT2D eigenvalue weighted by molar-refractivity contribution is 5.80. The fourth-order valence-corrected chi connectivity index (χ4v) is 2.25. The van der Waals surface area contributed by atoms with Crippen molar-refractivity contribution in [3.05, 3.63) is 23.8 Å². The lowest BCUT2D eigenvalue weighted by Crippen LogP contribution is -2.38. The van der Waals surface area contributed by atoms with E-state index in [-0.39, 0.29) is 0 Å². The maximum absolute atomic E-state index is 5.33. The SMILES string of the molecule is CCNC(=NCCCc1ccc(OC)c(OC)c1)NC1CC1. The van der Waals surface area contributed by atoms with Crippen LogP contribution in [0, 0.1) is 0 Å². The fourth-order valence-electron chi connectivity index (χ4n) is 2.25. The zero-order valence-corrected chi connectivity index (χ0v) is 13.8. The summed E-state index contributed by atoms with van der Waals surface area (Å²) in [5, 5.41) is 6.71. The maximum Gasteiger partial charge on any atom is 0.191 e. The van der Waals surface area contributed by atoms with Gasteiger partial charge in [0.1, 0.15) is 0 Å². The first-order valence-corrected chi connectivity index (χ1v) is 8.02. The van der Waals surface area contributed by atoms with E-state index in [1.165, 1.54) is 18.4 Å². The zero-order valence-electron chi connectivity index (χ0n) is 13.8. The molecule has 2 rings (SSSR count). The van der Waals surface area contributed by atoms with E-state index >= 15 is 0 Å². The molecule has 0 aromatic heterocycles. The Labute approximate surface area is 133 Å². The summed E-state index contributed by atoms with van der Waals surface area (Å²) in [4.78, 5) is 4.62. The zero-order chi connectivity index (χ0) is 15.8. The number of benzene rings is 1. The molecule has 5 heteroatoms. The van der Waals surface area contributed by atoms with Crippen molar-refractivity contribution < 1.29 is 9.47 Å². The molecular weight excluding hydrogens is 278 g/mol. The predicted molar refractivity (Wildman–Crippen MR) is 90.0 cm³/mol. The summed E-state index contributed by atoms with van der Waals surface area (Å²) in [6.07, 6.45) is 4.51. The van der Waals surface area contributed by atoms with Crippen molar-refractivity contribution in [2.24, 2.45) is 4.99 Å². The van der Waals surface area contributed by atoms with Crippen LogP contribution >= 0.6 is 0 Å². The molecule has 22 heavy (non-hydrogen) atoms. The van der Waals surface area contributed by atoms with Crippen LogP contribution in [0.15, 0.2) is 23.2 Å². The monoisotopic (exact) mass is 305 g/mol. The molecule has 1 aliphatic rings. The van der Waals surface area contributed by atoms with Crippen molar-refractivity contribution in [1.82, 2.24) is 10.6 Å². The number of hydrogen-bond acceptors (Lipinski definition) is 3. The van der Waals surface area contributed by atoms with Crippen LogP contribution in [0.5, 0.6) is 11.5 Å². The molecule has 1 saturated carbocycles. The Morgan fingerprint density at radius 1 is 1.23 bits per heavy atom. The summed E-state index contributed by atoms with van der Waals surface area (Å²) in [5.41, 5.74) is 1.24. The van der Waals surface area contributed by atoms with Gasteiger partial charge in [0.15, 0.2) is 17.5 Å². The van der Waals surface area contributed by atoms with E-state index in [9.17, 15) is 0 Å². The molecule has 0 aliphatic heterocycles. The van der Waals surface area contributed by atoms with Gasteiger partial charge in [0.25, 0.3) is 0 Å². The van der Waals surface area contributed by atoms with E-state index in [1.807, 2.05) is 12.1 Å². The molecule has 0 atom stereocenters. The van der Waals surface area contributed by atoms with Gasteiger partial charge in [-0.1, -0.05) is 6.07 Å². The Kier molecular flexibility index (Phi) is 6.37. The molecule has 1 aliphatic carbocycles. The average Bonchev–Trinajstić information content (AvgIpc) is 3.35. The summed E-state index contributed by atoms with van der Waals surface area (Å²) in [5.74, 6) is 2.50. The first-order valence-electron chi connectivity index (χ1n) is 8.02. The molecule has 5 nitrogen and oxygen atoms in total. The topological polar surface area (TPSA) is 54.9 Å². The van der Waals surface area contributed by atoms with Crippen LogP contribution in [0.4, 0.5) is 0 Å². The minimum atomic E-state index is 0.628. The fraction of sp³-hybridized carbons (Fsp3) is 0.588. The van der Waals surface area contributed by atoms with Gasteiger partial charge >= 0.3 is 0 Å². The van der Waals surface area contributed by atoms with Gasteiger partial charge in [0, 0.05) is 19.1 Å². The van der Waals surface area contributed by atoms with Crippen LogP contribution in [-0.4, -0.2) is 39.3 Å². The predicted octanol–water partition coefficient (Wildman–Crippen LogP) is 2.35. The second-order valence-corrected chi connectivity index (χ2v) is 5.47. The van der Waals surface area contributed by atoms with Crippen LogP contribution in [-0.2, 0) is 6.42 Å². The van der Waals surface area contributed by atoms with Crippen molar-refractivity contribution in [3.63, 3.8) is 0 Å². The van der Waals surface area contributed by atoms with E-state index in [4.69, 9.17) is 9.47 Å². The van der Waals surface area contributed by atoms with Crippen LogP contribution < -0.4 is 20.1 Å². The molecule has 0 saturated heterocycles. The number of hydrogen-bond donors (Lipinski definition) is 2. The van der Waals surface area contributed by atoms with Gasteiger partial charge in [0.2, 0.25) is 0 Å². The number of nitrogens with zero attached hydrogens (tertiary/aromatic N) is 1. The molecule has 0 unspecified atom stereocenters. The molecule has 2 N–H and O–H groups in total. The molecule has 0 spiro atoms. The summed E-state index contributed by atoms with van der Waals surface area (Å²) in [6, 6.07) is 6.70. The third-order valence-electron chi connectivity index (χ3n) is 3.60. The molecule has 0 radical (unpaired) electrons. The second-order valence-electron chi connectivity index (χ2n) is 5.47. The Morgan fingerprint density at radius 2 is 2.00 bits per heavy atom. The Balaban J connectivity index is 1.81. The maximum atomic E-state index is 5.33. The first kappa shape index (κ1) is 16.5. The smallest absolute Gasteiger partial charge is 0.191 e. The van der Waals surface area contributed by atoms with Crippen molar-refractivity contribution in [3.8, 4) is 11.5 Å². The van der Waals surface area contributed by atoms with Gasteiger partial charge in [-0.25, -0.2) is 0 Å². The third kappa shape index (κ3) is 5.13. The van der Waals surface area contributed by atoms with E-state index in [2.05, 4.69) is 28.6 Å². The minimum absolute atomic E-state index is 0.628. The van der Waals surface area contributed by atoms with Gasteiger partial charge < -0.3 is 20.1 Å². The minimum Gasteiger partial charge on any atom is -0.493 e. The number of nitrogens with one attached hydrogen (secondary N) is 2. The first-order chi connectivity index (χ1) is 10.8. The van der Waals surface area contributed by atoms with E-state index in [0.29, 0.717) is 6.04 Å². The molecule has 122 valence electrons. The van der Waals surface area contributed by atoms with E-state index < -0.39 is 0 Å². The third-order valence-corrected chi connectivity index (χ3v) is 3.60. The summed E-state index contributed by atoms with van der Waals surface area (Å²) in [6.45, 7) is 3.80. The van der Waals surface area contributed by atoms with E-state index in [1.54, 1.807) is 14.2 Å².